The highest BCUT2D eigenvalue weighted by Gasteiger charge is 2.19. The number of anilines is 1. The van der Waals surface area contributed by atoms with Gasteiger partial charge in [-0.3, -0.25) is 4.72 Å². The summed E-state index contributed by atoms with van der Waals surface area (Å²) in [6.45, 7) is 0. The van der Waals surface area contributed by atoms with E-state index in [4.69, 9.17) is 28.5 Å². The molecule has 0 saturated carbocycles. The van der Waals surface area contributed by atoms with Gasteiger partial charge in [0.15, 0.2) is 0 Å². The zero-order valence-electron chi connectivity index (χ0n) is 9.84. The van der Waals surface area contributed by atoms with E-state index in [1.54, 1.807) is 0 Å². The Labute approximate surface area is 125 Å². The van der Waals surface area contributed by atoms with Crippen molar-refractivity contribution in [3.8, 4) is 6.07 Å². The first-order chi connectivity index (χ1) is 9.44. The van der Waals surface area contributed by atoms with Crippen molar-refractivity contribution in [1.29, 1.82) is 5.26 Å². The van der Waals surface area contributed by atoms with Crippen LogP contribution in [0.15, 0.2) is 41.4 Å². The van der Waals surface area contributed by atoms with E-state index in [0.717, 1.165) is 0 Å². The second-order valence-electron chi connectivity index (χ2n) is 3.70. The monoisotopic (exact) mass is 327 g/mol. The number of rotatable bonds is 3. The summed E-state index contributed by atoms with van der Waals surface area (Å²) in [6, 6.07) is 8.92. The summed E-state index contributed by atoms with van der Waals surface area (Å²) in [4.78, 5) is 3.56. The van der Waals surface area contributed by atoms with Crippen LogP contribution in [0.1, 0.15) is 5.56 Å². The maximum absolute atomic E-state index is 12.2. The highest BCUT2D eigenvalue weighted by molar-refractivity contribution is 7.92. The van der Waals surface area contributed by atoms with Crippen molar-refractivity contribution in [1.82, 2.24) is 4.98 Å². The fourth-order valence-corrected chi connectivity index (χ4v) is 3.26. The van der Waals surface area contributed by atoms with Crippen LogP contribution in [0, 0.1) is 11.3 Å². The standard InChI is InChI=1S/C12H7Cl2N3O2S/c13-9-6-8(7-15)3-4-10(9)17-20(18,19)11-2-1-5-16-12(11)14/h1-6,17H. The Morgan fingerprint density at radius 2 is 2.00 bits per heavy atom. The molecule has 20 heavy (non-hydrogen) atoms. The Balaban J connectivity index is 2.40. The van der Waals surface area contributed by atoms with Gasteiger partial charge in [-0.15, -0.1) is 0 Å². The van der Waals surface area contributed by atoms with Crippen molar-refractivity contribution in [3.63, 3.8) is 0 Å². The van der Waals surface area contributed by atoms with Crippen LogP contribution < -0.4 is 4.72 Å². The summed E-state index contributed by atoms with van der Waals surface area (Å²) >= 11 is 11.7. The number of benzene rings is 1. The van der Waals surface area contributed by atoms with Crippen molar-refractivity contribution in [2.24, 2.45) is 0 Å². The normalized spacial score (nSPS) is 10.8. The summed E-state index contributed by atoms with van der Waals surface area (Å²) < 4.78 is 26.6. The maximum atomic E-state index is 12.2. The lowest BCUT2D eigenvalue weighted by atomic mass is 10.2. The van der Waals surface area contributed by atoms with E-state index in [2.05, 4.69) is 9.71 Å². The van der Waals surface area contributed by atoms with Crippen LogP contribution in [-0.2, 0) is 10.0 Å². The molecule has 0 aliphatic rings. The average Bonchev–Trinajstić information content (AvgIpc) is 2.41. The second kappa shape index (κ2) is 5.67. The largest absolute Gasteiger partial charge is 0.278 e. The van der Waals surface area contributed by atoms with Gasteiger partial charge in [0.1, 0.15) is 10.0 Å². The lowest BCUT2D eigenvalue weighted by Gasteiger charge is -2.10. The molecule has 1 aromatic carbocycles. The lowest BCUT2D eigenvalue weighted by molar-refractivity contribution is 0.601. The number of nitrogens with one attached hydrogen (secondary N) is 1. The molecule has 0 amide bonds. The van der Waals surface area contributed by atoms with E-state index in [1.165, 1.54) is 36.5 Å². The smallest absolute Gasteiger partial charge is 0.265 e. The molecule has 1 aromatic heterocycles. The van der Waals surface area contributed by atoms with Gasteiger partial charge in [-0.2, -0.15) is 5.26 Å². The summed E-state index contributed by atoms with van der Waals surface area (Å²) in [5, 5.41) is 8.71. The number of hydrogen-bond donors (Lipinski definition) is 1. The van der Waals surface area contributed by atoms with Crippen LogP contribution in [0.25, 0.3) is 0 Å². The molecule has 5 nitrogen and oxygen atoms in total. The Bertz CT molecular complexity index is 801. The van der Waals surface area contributed by atoms with Crippen LogP contribution >= 0.6 is 23.2 Å². The quantitative estimate of drug-likeness (QED) is 0.878. The molecular formula is C12H7Cl2N3O2S. The van der Waals surface area contributed by atoms with Gasteiger partial charge >= 0.3 is 0 Å². The Kier molecular flexibility index (Phi) is 4.14. The summed E-state index contributed by atoms with van der Waals surface area (Å²) in [6.07, 6.45) is 1.38. The highest BCUT2D eigenvalue weighted by Crippen LogP contribution is 2.27. The van der Waals surface area contributed by atoms with E-state index in [1.807, 2.05) is 6.07 Å². The third-order valence-corrected chi connectivity index (χ3v) is 4.48. The van der Waals surface area contributed by atoms with E-state index in [-0.39, 0.29) is 20.8 Å². The van der Waals surface area contributed by atoms with Crippen LogP contribution in [0.4, 0.5) is 5.69 Å². The second-order valence-corrected chi connectivity index (χ2v) is 6.12. The Hall–Kier alpha value is -1.81. The van der Waals surface area contributed by atoms with E-state index in [9.17, 15) is 8.42 Å². The molecule has 0 fully saturated rings. The molecule has 0 atom stereocenters. The van der Waals surface area contributed by atoms with Gasteiger partial charge in [-0.1, -0.05) is 23.2 Å². The van der Waals surface area contributed by atoms with E-state index >= 15 is 0 Å². The Morgan fingerprint density at radius 3 is 2.60 bits per heavy atom. The van der Waals surface area contributed by atoms with Crippen molar-refractivity contribution in [3.05, 3.63) is 52.3 Å². The summed E-state index contributed by atoms with van der Waals surface area (Å²) in [7, 11) is -3.90. The molecule has 0 bridgehead atoms. The number of pyridine rings is 1. The van der Waals surface area contributed by atoms with Crippen molar-refractivity contribution in [2.45, 2.75) is 4.90 Å². The summed E-state index contributed by atoms with van der Waals surface area (Å²) in [5.41, 5.74) is 0.489. The molecule has 8 heteroatoms. The van der Waals surface area contributed by atoms with E-state index in [0.29, 0.717) is 5.56 Å². The predicted octanol–water partition coefficient (Wildman–Crippen LogP) is 3.06. The average molecular weight is 328 g/mol. The topological polar surface area (TPSA) is 82.9 Å². The summed E-state index contributed by atoms with van der Waals surface area (Å²) in [5.74, 6) is 0. The first kappa shape index (κ1) is 14.6. The van der Waals surface area contributed by atoms with Crippen molar-refractivity contribution in [2.75, 3.05) is 4.72 Å². The van der Waals surface area contributed by atoms with Gasteiger partial charge in [0.25, 0.3) is 10.0 Å². The first-order valence-corrected chi connectivity index (χ1v) is 7.51. The minimum Gasteiger partial charge on any atom is -0.278 e. The zero-order chi connectivity index (χ0) is 14.8. The van der Waals surface area contributed by atoms with Gasteiger partial charge in [0, 0.05) is 6.20 Å². The molecular weight excluding hydrogens is 321 g/mol. The molecule has 0 unspecified atom stereocenters. The molecule has 102 valence electrons. The van der Waals surface area contributed by atoms with Gasteiger partial charge in [-0.05, 0) is 30.3 Å². The van der Waals surface area contributed by atoms with Crippen LogP contribution in [0.3, 0.4) is 0 Å². The molecule has 0 aliphatic carbocycles. The molecule has 0 aliphatic heterocycles. The highest BCUT2D eigenvalue weighted by atomic mass is 35.5. The minimum absolute atomic E-state index is 0.118. The predicted molar refractivity (Wildman–Crippen MR) is 76.2 cm³/mol. The van der Waals surface area contributed by atoms with Crippen molar-refractivity contribution < 1.29 is 8.42 Å². The number of sulfonamides is 1. The maximum Gasteiger partial charge on any atom is 0.265 e. The lowest BCUT2D eigenvalue weighted by Crippen LogP contribution is -2.14. The van der Waals surface area contributed by atoms with Crippen LogP contribution in [-0.4, -0.2) is 13.4 Å². The molecule has 2 rings (SSSR count). The number of hydrogen-bond acceptors (Lipinski definition) is 4. The minimum atomic E-state index is -3.90. The number of nitriles is 1. The SMILES string of the molecule is N#Cc1ccc(NS(=O)(=O)c2cccnc2Cl)c(Cl)c1. The molecule has 2 aromatic rings. The third kappa shape index (κ3) is 3.02. The number of halogens is 2. The molecule has 0 saturated heterocycles. The number of nitrogens with zero attached hydrogens (tertiary/aromatic N) is 2. The van der Waals surface area contributed by atoms with Gasteiger partial charge in [-0.25, -0.2) is 13.4 Å². The third-order valence-electron chi connectivity index (χ3n) is 2.36. The fourth-order valence-electron chi connectivity index (χ4n) is 1.44. The fraction of sp³-hybridized carbons (Fsp3) is 0. The molecule has 1 heterocycles. The van der Waals surface area contributed by atoms with Gasteiger partial charge in [0.2, 0.25) is 0 Å². The Morgan fingerprint density at radius 1 is 1.25 bits per heavy atom. The van der Waals surface area contributed by atoms with Gasteiger partial charge in [0.05, 0.1) is 22.3 Å². The number of aromatic nitrogens is 1. The molecule has 1 N–H and O–H groups in total. The molecule has 0 radical (unpaired) electrons. The van der Waals surface area contributed by atoms with Gasteiger partial charge < -0.3 is 0 Å². The first-order valence-electron chi connectivity index (χ1n) is 5.27. The zero-order valence-corrected chi connectivity index (χ0v) is 12.2. The van der Waals surface area contributed by atoms with E-state index < -0.39 is 10.0 Å². The van der Waals surface area contributed by atoms with Crippen LogP contribution in [0.2, 0.25) is 10.2 Å². The molecule has 0 spiro atoms. The van der Waals surface area contributed by atoms with Crippen LogP contribution in [0.5, 0.6) is 0 Å². The van der Waals surface area contributed by atoms with Crippen molar-refractivity contribution >= 4 is 38.9 Å².